The second-order valence-electron chi connectivity index (χ2n) is 8.61. The number of hydroxylamine groups is 2. The number of aromatic hydroxyl groups is 1. The molecular weight excluding hydrogens is 302 g/mol. The average Bonchev–Trinajstić information content (AvgIpc) is 2.64. The molecule has 1 unspecified atom stereocenters. The van der Waals surface area contributed by atoms with Gasteiger partial charge in [-0.25, -0.2) is 5.06 Å². The zero-order valence-corrected chi connectivity index (χ0v) is 16.0. The number of nitrogens with zero attached hydrogens (tertiary/aromatic N) is 1. The molecule has 0 bridgehead atoms. The van der Waals surface area contributed by atoms with Crippen molar-refractivity contribution in [1.29, 1.82) is 0 Å². The first-order valence-corrected chi connectivity index (χ1v) is 8.36. The first kappa shape index (κ1) is 18.5. The topological polar surface area (TPSA) is 49.8 Å². The van der Waals surface area contributed by atoms with Crippen LogP contribution in [-0.4, -0.2) is 29.2 Å². The first-order valence-electron chi connectivity index (χ1n) is 8.36. The Labute approximate surface area is 145 Å². The summed E-state index contributed by atoms with van der Waals surface area (Å²) in [5.41, 5.74) is 2.91. The monoisotopic (exact) mass is 331 g/mol. The standard InChI is InChI=1S/C20H29NO3/c1-12-14(18(23)21(8)24-12)9-13-10-15(19(2,3)4)17(22)16(11-13)20(5,6)7/h9-12,22H,1-8H3. The molecule has 1 heterocycles. The van der Waals surface area contributed by atoms with Gasteiger partial charge in [-0.2, -0.15) is 0 Å². The zero-order chi connectivity index (χ0) is 18.4. The van der Waals surface area contributed by atoms with Gasteiger partial charge in [0.2, 0.25) is 0 Å². The van der Waals surface area contributed by atoms with Crippen molar-refractivity contribution in [3.63, 3.8) is 0 Å². The van der Waals surface area contributed by atoms with Crippen molar-refractivity contribution in [2.75, 3.05) is 7.05 Å². The van der Waals surface area contributed by atoms with Gasteiger partial charge < -0.3 is 5.11 Å². The number of rotatable bonds is 1. The second kappa shape index (κ2) is 5.92. The highest BCUT2D eigenvalue weighted by Crippen LogP contribution is 2.40. The van der Waals surface area contributed by atoms with Crippen LogP contribution in [0.2, 0.25) is 0 Å². The highest BCUT2D eigenvalue weighted by atomic mass is 16.7. The summed E-state index contributed by atoms with van der Waals surface area (Å²) in [4.78, 5) is 17.7. The van der Waals surface area contributed by atoms with Crippen molar-refractivity contribution in [3.05, 3.63) is 34.4 Å². The quantitative estimate of drug-likeness (QED) is 0.786. The fourth-order valence-corrected chi connectivity index (χ4v) is 2.94. The third kappa shape index (κ3) is 3.48. The Hall–Kier alpha value is -1.81. The van der Waals surface area contributed by atoms with Gasteiger partial charge in [-0.1, -0.05) is 41.5 Å². The molecule has 1 fully saturated rings. The summed E-state index contributed by atoms with van der Waals surface area (Å²) < 4.78 is 0. The summed E-state index contributed by atoms with van der Waals surface area (Å²) in [6.07, 6.45) is 1.60. The zero-order valence-electron chi connectivity index (χ0n) is 16.0. The molecule has 1 aromatic carbocycles. The molecule has 24 heavy (non-hydrogen) atoms. The van der Waals surface area contributed by atoms with Gasteiger partial charge in [0.05, 0.1) is 5.57 Å². The van der Waals surface area contributed by atoms with Crippen molar-refractivity contribution >= 4 is 12.0 Å². The van der Waals surface area contributed by atoms with E-state index >= 15 is 0 Å². The predicted molar refractivity (Wildman–Crippen MR) is 96.8 cm³/mol. The van der Waals surface area contributed by atoms with Gasteiger partial charge in [0, 0.05) is 18.2 Å². The first-order chi connectivity index (χ1) is 10.8. The Morgan fingerprint density at radius 3 is 1.88 bits per heavy atom. The molecular formula is C20H29NO3. The lowest BCUT2D eigenvalue weighted by molar-refractivity contribution is -0.162. The van der Waals surface area contributed by atoms with E-state index in [4.69, 9.17) is 4.84 Å². The van der Waals surface area contributed by atoms with Crippen LogP contribution in [0.5, 0.6) is 5.75 Å². The Kier molecular flexibility index (Phi) is 4.57. The summed E-state index contributed by atoms with van der Waals surface area (Å²) in [5.74, 6) is 0.224. The second-order valence-corrected chi connectivity index (χ2v) is 8.61. The van der Waals surface area contributed by atoms with E-state index in [1.807, 2.05) is 25.1 Å². The van der Waals surface area contributed by atoms with Crippen LogP contribution >= 0.6 is 0 Å². The van der Waals surface area contributed by atoms with Crippen molar-refractivity contribution in [2.24, 2.45) is 0 Å². The van der Waals surface area contributed by atoms with Crippen LogP contribution in [0.3, 0.4) is 0 Å². The maximum absolute atomic E-state index is 12.2. The van der Waals surface area contributed by atoms with Crippen molar-refractivity contribution in [3.8, 4) is 5.75 Å². The van der Waals surface area contributed by atoms with Crippen LogP contribution in [0.1, 0.15) is 65.2 Å². The number of likely N-dealkylation sites (N-methyl/N-ethyl adjacent to an activating group) is 1. The molecule has 1 saturated heterocycles. The number of phenolic OH excluding ortho intramolecular Hbond substituents is 1. The molecule has 1 aliphatic heterocycles. The Bertz CT molecular complexity index is 655. The van der Waals surface area contributed by atoms with Gasteiger partial charge in [0.15, 0.2) is 0 Å². The van der Waals surface area contributed by atoms with Crippen LogP contribution < -0.4 is 0 Å². The van der Waals surface area contributed by atoms with Crippen molar-refractivity contribution in [1.82, 2.24) is 5.06 Å². The largest absolute Gasteiger partial charge is 0.507 e. The summed E-state index contributed by atoms with van der Waals surface area (Å²) in [6.45, 7) is 14.3. The smallest absolute Gasteiger partial charge is 0.275 e. The third-order valence-corrected chi connectivity index (χ3v) is 4.36. The van der Waals surface area contributed by atoms with Crippen LogP contribution in [-0.2, 0) is 20.5 Å². The van der Waals surface area contributed by atoms with E-state index in [9.17, 15) is 9.90 Å². The summed E-state index contributed by atoms with van der Waals surface area (Å²) in [6, 6.07) is 3.94. The molecule has 0 spiro atoms. The minimum atomic E-state index is -0.271. The van der Waals surface area contributed by atoms with Gasteiger partial charge in [-0.15, -0.1) is 0 Å². The molecule has 0 radical (unpaired) electrons. The van der Waals surface area contributed by atoms with Gasteiger partial charge >= 0.3 is 0 Å². The maximum atomic E-state index is 12.2. The van der Waals surface area contributed by atoms with Crippen LogP contribution in [0.4, 0.5) is 0 Å². The number of carbonyl (C=O) groups is 1. The molecule has 2 rings (SSSR count). The lowest BCUT2D eigenvalue weighted by Gasteiger charge is -2.28. The van der Waals surface area contributed by atoms with E-state index in [2.05, 4.69) is 41.5 Å². The molecule has 4 nitrogen and oxygen atoms in total. The van der Waals surface area contributed by atoms with Crippen molar-refractivity contribution in [2.45, 2.75) is 65.4 Å². The number of hydrogen-bond donors (Lipinski definition) is 1. The van der Waals surface area contributed by atoms with E-state index in [-0.39, 0.29) is 22.8 Å². The minimum Gasteiger partial charge on any atom is -0.507 e. The number of hydrogen-bond acceptors (Lipinski definition) is 3. The maximum Gasteiger partial charge on any atom is 0.275 e. The highest BCUT2D eigenvalue weighted by Gasteiger charge is 2.32. The van der Waals surface area contributed by atoms with E-state index in [1.165, 1.54) is 5.06 Å². The molecule has 132 valence electrons. The molecule has 0 aliphatic carbocycles. The summed E-state index contributed by atoms with van der Waals surface area (Å²) in [7, 11) is 1.62. The van der Waals surface area contributed by atoms with E-state index in [0.717, 1.165) is 16.7 Å². The molecule has 1 aromatic rings. The summed E-state index contributed by atoms with van der Waals surface area (Å²) in [5, 5.41) is 12.0. The predicted octanol–water partition coefficient (Wildman–Crippen LogP) is 4.16. The fourth-order valence-electron chi connectivity index (χ4n) is 2.94. The Morgan fingerprint density at radius 1 is 1.08 bits per heavy atom. The number of carbonyl (C=O) groups excluding carboxylic acids is 1. The van der Waals surface area contributed by atoms with Crippen molar-refractivity contribution < 1.29 is 14.7 Å². The lowest BCUT2D eigenvalue weighted by Crippen LogP contribution is -2.18. The van der Waals surface area contributed by atoms with E-state index in [0.29, 0.717) is 11.3 Å². The minimum absolute atomic E-state index is 0.120. The van der Waals surface area contributed by atoms with Gasteiger partial charge in [0.1, 0.15) is 11.9 Å². The molecule has 1 aliphatic rings. The lowest BCUT2D eigenvalue weighted by atomic mass is 9.78. The number of benzene rings is 1. The van der Waals surface area contributed by atoms with E-state index < -0.39 is 0 Å². The third-order valence-electron chi connectivity index (χ3n) is 4.36. The SMILES string of the molecule is CC1ON(C)C(=O)C1=Cc1cc(C(C)(C)C)c(O)c(C(C)(C)C)c1. The highest BCUT2D eigenvalue weighted by molar-refractivity contribution is 5.99. The van der Waals surface area contributed by atoms with Crippen LogP contribution in [0.15, 0.2) is 17.7 Å². The Morgan fingerprint density at radius 2 is 1.54 bits per heavy atom. The molecule has 1 atom stereocenters. The average molecular weight is 331 g/mol. The molecule has 1 amide bonds. The molecule has 0 saturated carbocycles. The van der Waals surface area contributed by atoms with Gasteiger partial charge in [-0.05, 0) is 41.5 Å². The molecule has 0 aromatic heterocycles. The van der Waals surface area contributed by atoms with E-state index in [1.54, 1.807) is 7.05 Å². The van der Waals surface area contributed by atoms with Gasteiger partial charge in [-0.3, -0.25) is 9.63 Å². The Balaban J connectivity index is 2.66. The number of phenols is 1. The van der Waals surface area contributed by atoms with Crippen LogP contribution in [0, 0.1) is 0 Å². The summed E-state index contributed by atoms with van der Waals surface area (Å²) >= 11 is 0. The van der Waals surface area contributed by atoms with Crippen LogP contribution in [0.25, 0.3) is 6.08 Å². The molecule has 1 N–H and O–H groups in total. The number of amides is 1. The normalized spacial score (nSPS) is 21.0. The molecule has 4 heteroatoms. The fraction of sp³-hybridized carbons (Fsp3) is 0.550. The van der Waals surface area contributed by atoms with Gasteiger partial charge in [0.25, 0.3) is 5.91 Å².